The van der Waals surface area contributed by atoms with E-state index in [1.54, 1.807) is 18.8 Å². The summed E-state index contributed by atoms with van der Waals surface area (Å²) in [5, 5.41) is 2.76. The molecule has 2 heterocycles. The lowest BCUT2D eigenvalue weighted by atomic mass is 10.1. The summed E-state index contributed by atoms with van der Waals surface area (Å²) in [6, 6.07) is 17.8. The van der Waals surface area contributed by atoms with Crippen LogP contribution in [0.4, 0.5) is 11.8 Å². The Kier molecular flexibility index (Phi) is 7.25. The zero-order chi connectivity index (χ0) is 24.8. The van der Waals surface area contributed by atoms with Crippen LogP contribution in [0.1, 0.15) is 23.7 Å². The van der Waals surface area contributed by atoms with E-state index in [1.807, 2.05) is 67.7 Å². The van der Waals surface area contributed by atoms with E-state index >= 15 is 0 Å². The second kappa shape index (κ2) is 10.7. The summed E-state index contributed by atoms with van der Waals surface area (Å²) in [6.45, 7) is 4.55. The average molecular weight is 473 g/mol. The third-order valence-electron chi connectivity index (χ3n) is 5.39. The van der Waals surface area contributed by atoms with Crippen molar-refractivity contribution in [2.45, 2.75) is 26.9 Å². The number of benzene rings is 2. The molecule has 0 aliphatic rings. The first-order chi connectivity index (χ1) is 16.9. The highest BCUT2D eigenvalue weighted by Gasteiger charge is 2.15. The molecule has 0 saturated heterocycles. The number of hydrogen-bond donors (Lipinski definition) is 1. The number of anilines is 2. The molecule has 9 heteroatoms. The van der Waals surface area contributed by atoms with Crippen LogP contribution in [0, 0.1) is 6.92 Å². The van der Waals surface area contributed by atoms with Gasteiger partial charge < -0.3 is 14.4 Å². The van der Waals surface area contributed by atoms with Gasteiger partial charge in [0.2, 0.25) is 11.9 Å². The standard InChI is InChI=1S/C26H28N6O3/c1-18-14-32(26(29-18)30-19(2)33)25-13-24(27-17-28-25)31(15-20-5-9-22(34-3)10-6-20)16-21-7-11-23(35-4)12-8-21/h5-14,17H,15-16H2,1-4H3,(H,29,30,33). The largest absolute Gasteiger partial charge is 0.497 e. The quantitative estimate of drug-likeness (QED) is 0.391. The second-order valence-corrected chi connectivity index (χ2v) is 8.04. The van der Waals surface area contributed by atoms with Crippen molar-refractivity contribution < 1.29 is 14.3 Å². The van der Waals surface area contributed by atoms with Gasteiger partial charge in [-0.05, 0) is 42.3 Å². The summed E-state index contributed by atoms with van der Waals surface area (Å²) in [5.41, 5.74) is 2.98. The Morgan fingerprint density at radius 1 is 0.943 bits per heavy atom. The van der Waals surface area contributed by atoms with Gasteiger partial charge in [0.1, 0.15) is 29.5 Å². The molecule has 0 radical (unpaired) electrons. The van der Waals surface area contributed by atoms with Crippen LogP contribution in [0.2, 0.25) is 0 Å². The van der Waals surface area contributed by atoms with Crippen LogP contribution in [0.5, 0.6) is 11.5 Å². The normalized spacial score (nSPS) is 10.6. The number of rotatable bonds is 9. The van der Waals surface area contributed by atoms with Gasteiger partial charge in [0.25, 0.3) is 0 Å². The van der Waals surface area contributed by atoms with Gasteiger partial charge in [-0.25, -0.2) is 15.0 Å². The molecule has 1 N–H and O–H groups in total. The molecule has 180 valence electrons. The lowest BCUT2D eigenvalue weighted by Gasteiger charge is -2.24. The topological polar surface area (TPSA) is 94.4 Å². The maximum Gasteiger partial charge on any atom is 0.223 e. The van der Waals surface area contributed by atoms with Crippen molar-refractivity contribution in [1.82, 2.24) is 19.5 Å². The number of nitrogens with one attached hydrogen (secondary N) is 1. The smallest absolute Gasteiger partial charge is 0.223 e. The Bertz CT molecular complexity index is 1240. The number of methoxy groups -OCH3 is 2. The maximum absolute atomic E-state index is 11.7. The molecule has 4 rings (SSSR count). The summed E-state index contributed by atoms with van der Waals surface area (Å²) in [7, 11) is 3.31. The Balaban J connectivity index is 1.68. The van der Waals surface area contributed by atoms with Crippen LogP contribution in [0.25, 0.3) is 5.82 Å². The minimum atomic E-state index is -0.202. The number of imidazole rings is 1. The van der Waals surface area contributed by atoms with Crippen LogP contribution in [-0.4, -0.2) is 39.6 Å². The number of ether oxygens (including phenoxy) is 2. The minimum Gasteiger partial charge on any atom is -0.497 e. The molecular formula is C26H28N6O3. The third-order valence-corrected chi connectivity index (χ3v) is 5.39. The summed E-state index contributed by atoms with van der Waals surface area (Å²) in [6.07, 6.45) is 3.35. The molecule has 0 fully saturated rings. The van der Waals surface area contributed by atoms with Gasteiger partial charge in [0, 0.05) is 32.3 Å². The highest BCUT2D eigenvalue weighted by molar-refractivity contribution is 5.87. The number of carbonyl (C=O) groups is 1. The number of aromatic nitrogens is 4. The fourth-order valence-corrected chi connectivity index (χ4v) is 3.68. The van der Waals surface area contributed by atoms with Crippen molar-refractivity contribution in [3.63, 3.8) is 0 Å². The van der Waals surface area contributed by atoms with Crippen LogP contribution in [-0.2, 0) is 17.9 Å². The molecule has 0 bridgehead atoms. The molecule has 4 aromatic rings. The van der Waals surface area contributed by atoms with E-state index in [2.05, 4.69) is 25.2 Å². The molecule has 0 unspecified atom stereocenters. The summed E-state index contributed by atoms with van der Waals surface area (Å²) < 4.78 is 12.3. The van der Waals surface area contributed by atoms with Crippen molar-refractivity contribution >= 4 is 17.7 Å². The predicted octanol–water partition coefficient (Wildman–Crippen LogP) is 4.15. The van der Waals surface area contributed by atoms with Gasteiger partial charge in [0.15, 0.2) is 0 Å². The van der Waals surface area contributed by atoms with E-state index in [4.69, 9.17) is 9.47 Å². The van der Waals surface area contributed by atoms with Crippen molar-refractivity contribution in [3.8, 4) is 17.3 Å². The Morgan fingerprint density at radius 3 is 2.03 bits per heavy atom. The molecule has 0 spiro atoms. The lowest BCUT2D eigenvalue weighted by Crippen LogP contribution is -2.23. The van der Waals surface area contributed by atoms with E-state index in [0.717, 1.165) is 34.1 Å². The van der Waals surface area contributed by atoms with Gasteiger partial charge in [-0.3, -0.25) is 14.7 Å². The second-order valence-electron chi connectivity index (χ2n) is 8.04. The summed E-state index contributed by atoms with van der Waals surface area (Å²) >= 11 is 0. The van der Waals surface area contributed by atoms with Crippen LogP contribution in [0.3, 0.4) is 0 Å². The van der Waals surface area contributed by atoms with Crippen molar-refractivity contribution in [2.75, 3.05) is 24.4 Å². The fourth-order valence-electron chi connectivity index (χ4n) is 3.68. The van der Waals surface area contributed by atoms with Gasteiger partial charge in [-0.2, -0.15) is 0 Å². The lowest BCUT2D eigenvalue weighted by molar-refractivity contribution is -0.114. The maximum atomic E-state index is 11.7. The van der Waals surface area contributed by atoms with Crippen LogP contribution < -0.4 is 19.7 Å². The number of aryl methyl sites for hydroxylation is 1. The molecule has 0 saturated carbocycles. The van der Waals surface area contributed by atoms with E-state index in [-0.39, 0.29) is 5.91 Å². The third kappa shape index (κ3) is 5.94. The number of nitrogens with zero attached hydrogens (tertiary/aromatic N) is 5. The first-order valence-electron chi connectivity index (χ1n) is 11.1. The molecule has 0 aliphatic carbocycles. The van der Waals surface area contributed by atoms with Gasteiger partial charge in [0.05, 0.1) is 19.9 Å². The monoisotopic (exact) mass is 472 g/mol. The molecule has 35 heavy (non-hydrogen) atoms. The van der Waals surface area contributed by atoms with Crippen molar-refractivity contribution in [2.24, 2.45) is 0 Å². The fraction of sp³-hybridized carbons (Fsp3) is 0.231. The number of hydrogen-bond acceptors (Lipinski definition) is 7. The average Bonchev–Trinajstić information content (AvgIpc) is 3.23. The van der Waals surface area contributed by atoms with Crippen LogP contribution in [0.15, 0.2) is 67.1 Å². The predicted molar refractivity (Wildman–Crippen MR) is 134 cm³/mol. The van der Waals surface area contributed by atoms with E-state index in [9.17, 15) is 4.79 Å². The number of carbonyl (C=O) groups excluding carboxylic acids is 1. The first kappa shape index (κ1) is 23.7. The van der Waals surface area contributed by atoms with Gasteiger partial charge >= 0.3 is 0 Å². The van der Waals surface area contributed by atoms with Crippen molar-refractivity contribution in [1.29, 1.82) is 0 Å². The van der Waals surface area contributed by atoms with E-state index in [1.165, 1.54) is 13.3 Å². The molecule has 9 nitrogen and oxygen atoms in total. The van der Waals surface area contributed by atoms with Gasteiger partial charge in [-0.15, -0.1) is 0 Å². The molecular weight excluding hydrogens is 444 g/mol. The Hall–Kier alpha value is -4.40. The first-order valence-corrected chi connectivity index (χ1v) is 11.1. The Labute approximate surface area is 204 Å². The Morgan fingerprint density at radius 2 is 1.51 bits per heavy atom. The van der Waals surface area contributed by atoms with E-state index < -0.39 is 0 Å². The molecule has 2 aromatic heterocycles. The highest BCUT2D eigenvalue weighted by atomic mass is 16.5. The zero-order valence-corrected chi connectivity index (χ0v) is 20.2. The molecule has 1 amide bonds. The summed E-state index contributed by atoms with van der Waals surface area (Å²) in [5.74, 6) is 3.17. The van der Waals surface area contributed by atoms with Crippen molar-refractivity contribution in [3.05, 3.63) is 83.9 Å². The van der Waals surface area contributed by atoms with E-state index in [0.29, 0.717) is 24.9 Å². The zero-order valence-electron chi connectivity index (χ0n) is 20.2. The van der Waals surface area contributed by atoms with Gasteiger partial charge in [-0.1, -0.05) is 24.3 Å². The van der Waals surface area contributed by atoms with Crippen LogP contribution >= 0.6 is 0 Å². The molecule has 2 aromatic carbocycles. The molecule has 0 atom stereocenters. The SMILES string of the molecule is COc1ccc(CN(Cc2ccc(OC)cc2)c2cc(-n3cc(C)nc3NC(C)=O)ncn2)cc1. The summed E-state index contributed by atoms with van der Waals surface area (Å²) in [4.78, 5) is 27.2. The minimum absolute atomic E-state index is 0.202. The highest BCUT2D eigenvalue weighted by Crippen LogP contribution is 2.23. The molecule has 0 aliphatic heterocycles. The number of amides is 1.